The van der Waals surface area contributed by atoms with Crippen LogP contribution in [0.15, 0.2) is 84.4 Å². The van der Waals surface area contributed by atoms with Crippen LogP contribution in [-0.2, 0) is 14.3 Å². The van der Waals surface area contributed by atoms with Crippen LogP contribution in [0, 0.1) is 0 Å². The van der Waals surface area contributed by atoms with E-state index >= 15 is 0 Å². The van der Waals surface area contributed by atoms with Crippen LogP contribution >= 0.6 is 0 Å². The monoisotopic (exact) mass is 488 g/mol. The van der Waals surface area contributed by atoms with Crippen LogP contribution in [0.4, 0.5) is 5.69 Å². The molecule has 1 aliphatic rings. The number of carbonyl (C=O) groups excluding carboxylic acids is 2. The fraction of sp³-hybridized carbons (Fsp3) is 0.214. The number of hydrogen-bond acceptors (Lipinski definition) is 6. The molecule has 0 atom stereocenters. The smallest absolute Gasteiger partial charge is 0.282 e. The molecule has 0 aliphatic carbocycles. The van der Waals surface area contributed by atoms with Gasteiger partial charge in [0.1, 0.15) is 24.5 Å². The summed E-state index contributed by atoms with van der Waals surface area (Å²) in [5, 5.41) is 1.24. The Morgan fingerprint density at radius 1 is 0.778 bits per heavy atom. The number of hydrazine groups is 1. The Morgan fingerprint density at radius 2 is 1.47 bits per heavy atom. The first-order valence-corrected chi connectivity index (χ1v) is 11.7. The Balaban J connectivity index is 1.32. The quantitative estimate of drug-likeness (QED) is 0.235. The van der Waals surface area contributed by atoms with Crippen LogP contribution in [0.5, 0.6) is 17.2 Å². The highest BCUT2D eigenvalue weighted by molar-refractivity contribution is 6.31. The van der Waals surface area contributed by atoms with Crippen LogP contribution in [0.25, 0.3) is 6.08 Å². The van der Waals surface area contributed by atoms with Gasteiger partial charge >= 0.3 is 0 Å². The van der Waals surface area contributed by atoms with Crippen molar-refractivity contribution in [2.75, 3.05) is 38.0 Å². The number of nitrogens with zero attached hydrogens (tertiary/aromatic N) is 1. The third-order valence-corrected chi connectivity index (χ3v) is 5.21. The molecule has 0 bridgehead atoms. The molecule has 1 fully saturated rings. The van der Waals surface area contributed by atoms with Crippen LogP contribution in [0.2, 0.25) is 0 Å². The normalized spacial score (nSPS) is 14.1. The molecule has 0 radical (unpaired) electrons. The Hall–Kier alpha value is -4.30. The Kier molecular flexibility index (Phi) is 8.56. The number of hydrogen-bond donors (Lipinski definition) is 1. The van der Waals surface area contributed by atoms with Crippen LogP contribution < -0.4 is 24.6 Å². The molecule has 1 N–H and O–H groups in total. The first kappa shape index (κ1) is 24.8. The predicted octanol–water partition coefficient (Wildman–Crippen LogP) is 4.02. The van der Waals surface area contributed by atoms with Gasteiger partial charge < -0.3 is 18.9 Å². The second-order valence-corrected chi connectivity index (χ2v) is 7.74. The number of amides is 2. The first-order chi connectivity index (χ1) is 17.7. The van der Waals surface area contributed by atoms with Crippen molar-refractivity contribution in [1.82, 2.24) is 5.43 Å². The highest BCUT2D eigenvalue weighted by Crippen LogP contribution is 2.30. The van der Waals surface area contributed by atoms with E-state index in [1.165, 1.54) is 5.01 Å². The minimum Gasteiger partial charge on any atom is -0.491 e. The fourth-order valence-electron chi connectivity index (χ4n) is 3.53. The minimum atomic E-state index is -0.462. The number of ether oxygens (including phenoxy) is 4. The maximum absolute atomic E-state index is 12.8. The van der Waals surface area contributed by atoms with Gasteiger partial charge in [-0.2, -0.15) is 0 Å². The molecule has 0 spiro atoms. The zero-order chi connectivity index (χ0) is 25.2. The van der Waals surface area contributed by atoms with E-state index < -0.39 is 11.8 Å². The summed E-state index contributed by atoms with van der Waals surface area (Å²) in [6, 6.07) is 23.8. The van der Waals surface area contributed by atoms with Gasteiger partial charge in [0.05, 0.1) is 25.5 Å². The van der Waals surface area contributed by atoms with E-state index in [0.717, 1.165) is 5.75 Å². The summed E-state index contributed by atoms with van der Waals surface area (Å²) in [6.45, 7) is 3.92. The highest BCUT2D eigenvalue weighted by Gasteiger charge is 2.34. The average Bonchev–Trinajstić information content (AvgIpc) is 3.19. The van der Waals surface area contributed by atoms with Crippen LogP contribution in [0.3, 0.4) is 0 Å². The molecule has 1 aliphatic heterocycles. The summed E-state index contributed by atoms with van der Waals surface area (Å²) in [4.78, 5) is 25.3. The van der Waals surface area contributed by atoms with Crippen molar-refractivity contribution in [3.63, 3.8) is 0 Å². The average molecular weight is 489 g/mol. The zero-order valence-corrected chi connectivity index (χ0v) is 20.0. The summed E-state index contributed by atoms with van der Waals surface area (Å²) in [7, 11) is 0. The SMILES string of the molecule is CCOc1cc(/C=C2\C(=O)NN(c3ccccc3)C2=O)ccc1OCCOCCOc1ccccc1. The molecular formula is C28H28N2O6. The number of carbonyl (C=O) groups is 2. The van der Waals surface area contributed by atoms with E-state index in [0.29, 0.717) is 55.8 Å². The molecule has 8 nitrogen and oxygen atoms in total. The standard InChI is InChI=1S/C28H28N2O6/c1-2-34-26-20-21(19-24-27(31)29-30(28(24)32)22-9-5-3-6-10-22)13-14-25(26)36-18-16-33-15-17-35-23-11-7-4-8-12-23/h3-14,19-20H,2,15-18H2,1H3,(H,29,31)/b24-19+. The van der Waals surface area contributed by atoms with Gasteiger partial charge in [0, 0.05) is 0 Å². The number of para-hydroxylation sites is 2. The van der Waals surface area contributed by atoms with Crippen molar-refractivity contribution in [2.45, 2.75) is 6.92 Å². The van der Waals surface area contributed by atoms with Gasteiger partial charge in [-0.25, -0.2) is 5.01 Å². The molecular weight excluding hydrogens is 460 g/mol. The number of anilines is 1. The molecule has 3 aromatic rings. The molecule has 4 rings (SSSR count). The zero-order valence-electron chi connectivity index (χ0n) is 20.0. The van der Waals surface area contributed by atoms with E-state index in [1.54, 1.807) is 48.5 Å². The third kappa shape index (κ3) is 6.43. The second-order valence-electron chi connectivity index (χ2n) is 7.74. The van der Waals surface area contributed by atoms with Gasteiger partial charge in [-0.15, -0.1) is 0 Å². The first-order valence-electron chi connectivity index (χ1n) is 11.7. The van der Waals surface area contributed by atoms with E-state index in [-0.39, 0.29) is 5.57 Å². The summed E-state index contributed by atoms with van der Waals surface area (Å²) in [6.07, 6.45) is 1.54. The topological polar surface area (TPSA) is 86.3 Å². The van der Waals surface area contributed by atoms with Crippen LogP contribution in [-0.4, -0.2) is 44.8 Å². The van der Waals surface area contributed by atoms with E-state index in [4.69, 9.17) is 18.9 Å². The molecule has 1 saturated heterocycles. The molecule has 0 unspecified atom stereocenters. The summed E-state index contributed by atoms with van der Waals surface area (Å²) >= 11 is 0. The van der Waals surface area contributed by atoms with Gasteiger partial charge in [0.25, 0.3) is 11.8 Å². The molecule has 3 aromatic carbocycles. The summed E-state index contributed by atoms with van der Waals surface area (Å²) in [5.41, 5.74) is 3.88. The van der Waals surface area contributed by atoms with Gasteiger partial charge in [-0.05, 0) is 55.0 Å². The Bertz CT molecular complexity index is 1200. The molecule has 1 heterocycles. The third-order valence-electron chi connectivity index (χ3n) is 5.21. The van der Waals surface area contributed by atoms with Gasteiger partial charge in [-0.1, -0.05) is 42.5 Å². The minimum absolute atomic E-state index is 0.0427. The van der Waals surface area contributed by atoms with Crippen molar-refractivity contribution in [1.29, 1.82) is 0 Å². The number of rotatable bonds is 12. The lowest BCUT2D eigenvalue weighted by Gasteiger charge is -2.14. The maximum Gasteiger partial charge on any atom is 0.282 e. The van der Waals surface area contributed by atoms with E-state index in [9.17, 15) is 9.59 Å². The van der Waals surface area contributed by atoms with Crippen LogP contribution in [0.1, 0.15) is 12.5 Å². The predicted molar refractivity (Wildman–Crippen MR) is 136 cm³/mol. The molecule has 36 heavy (non-hydrogen) atoms. The van der Waals surface area contributed by atoms with Crippen molar-refractivity contribution in [2.24, 2.45) is 0 Å². The molecule has 0 aromatic heterocycles. The fourth-order valence-corrected chi connectivity index (χ4v) is 3.53. The maximum atomic E-state index is 12.8. The lowest BCUT2D eigenvalue weighted by Crippen LogP contribution is -2.35. The van der Waals surface area contributed by atoms with E-state index in [2.05, 4.69) is 5.43 Å². The molecule has 2 amide bonds. The Morgan fingerprint density at radius 3 is 2.19 bits per heavy atom. The summed E-state index contributed by atoms with van der Waals surface area (Å²) < 4.78 is 22.7. The van der Waals surface area contributed by atoms with E-state index in [1.807, 2.05) is 43.3 Å². The lowest BCUT2D eigenvalue weighted by molar-refractivity contribution is -0.117. The molecule has 0 saturated carbocycles. The van der Waals surface area contributed by atoms with Gasteiger partial charge in [-0.3, -0.25) is 15.0 Å². The molecule has 186 valence electrons. The summed E-state index contributed by atoms with van der Waals surface area (Å²) in [5.74, 6) is 0.994. The van der Waals surface area contributed by atoms with Crippen molar-refractivity contribution in [3.8, 4) is 17.2 Å². The van der Waals surface area contributed by atoms with Crippen molar-refractivity contribution in [3.05, 3.63) is 90.0 Å². The molecule has 8 heteroatoms. The lowest BCUT2D eigenvalue weighted by atomic mass is 10.1. The highest BCUT2D eigenvalue weighted by atomic mass is 16.6. The van der Waals surface area contributed by atoms with Crippen molar-refractivity contribution < 1.29 is 28.5 Å². The van der Waals surface area contributed by atoms with Crippen molar-refractivity contribution >= 4 is 23.6 Å². The van der Waals surface area contributed by atoms with Gasteiger partial charge in [0.15, 0.2) is 11.5 Å². The Labute approximate surface area is 210 Å². The largest absolute Gasteiger partial charge is 0.491 e. The number of benzene rings is 3. The van der Waals surface area contributed by atoms with Gasteiger partial charge in [0.2, 0.25) is 0 Å². The second kappa shape index (κ2) is 12.4. The number of nitrogens with one attached hydrogen (secondary N) is 1.